The molecule has 0 saturated carbocycles. The Labute approximate surface area is 162 Å². The molecule has 1 aliphatic heterocycles. The summed E-state index contributed by atoms with van der Waals surface area (Å²) in [5, 5.41) is 1.01. The first-order chi connectivity index (χ1) is 13.7. The lowest BCUT2D eigenvalue weighted by Crippen LogP contribution is -2.39. The van der Waals surface area contributed by atoms with E-state index in [9.17, 15) is 4.79 Å². The number of aromatic nitrogens is 3. The van der Waals surface area contributed by atoms with Gasteiger partial charge in [0.05, 0.1) is 18.1 Å². The molecule has 6 heteroatoms. The van der Waals surface area contributed by atoms with E-state index in [0.717, 1.165) is 52.8 Å². The Kier molecular flexibility index (Phi) is 4.04. The van der Waals surface area contributed by atoms with Gasteiger partial charge in [-0.1, -0.05) is 0 Å². The number of piperidine rings is 1. The fourth-order valence-electron chi connectivity index (χ4n) is 4.13. The Balaban J connectivity index is 1.39. The number of likely N-dealkylation sites (tertiary alicyclic amines) is 1. The molecule has 4 aromatic rings. The zero-order valence-corrected chi connectivity index (χ0v) is 15.7. The van der Waals surface area contributed by atoms with Gasteiger partial charge >= 0.3 is 0 Å². The molecule has 1 aromatic carbocycles. The quantitative estimate of drug-likeness (QED) is 0.568. The normalized spacial score (nSPS) is 17.3. The molecule has 0 spiro atoms. The van der Waals surface area contributed by atoms with Crippen LogP contribution in [-0.2, 0) is 0 Å². The minimum atomic E-state index is 0.0501. The summed E-state index contributed by atoms with van der Waals surface area (Å²) in [4.78, 5) is 26.2. The van der Waals surface area contributed by atoms with Crippen LogP contribution < -0.4 is 4.74 Å². The van der Waals surface area contributed by atoms with Gasteiger partial charge in [-0.3, -0.25) is 9.78 Å². The monoisotopic (exact) mass is 374 g/mol. The first-order valence-electron chi connectivity index (χ1n) is 9.61. The number of carbonyl (C=O) groups is 1. The molecule has 4 heterocycles. The maximum Gasteiger partial charge on any atom is 0.270 e. The Morgan fingerprint density at radius 3 is 2.96 bits per heavy atom. The highest BCUT2D eigenvalue weighted by molar-refractivity contribution is 5.98. The Hall–Kier alpha value is -3.28. The lowest BCUT2D eigenvalue weighted by molar-refractivity contribution is 0.0701. The van der Waals surface area contributed by atoms with Crippen LogP contribution in [0.15, 0.2) is 48.7 Å². The van der Waals surface area contributed by atoms with Crippen molar-refractivity contribution in [2.45, 2.75) is 18.8 Å². The van der Waals surface area contributed by atoms with Crippen LogP contribution in [0.3, 0.4) is 0 Å². The number of aromatic amines is 2. The maximum absolute atomic E-state index is 13.1. The van der Waals surface area contributed by atoms with E-state index >= 15 is 0 Å². The standard InChI is InChI=1S/C22H22N4O2/c1-28-16-7-6-14-10-21(25-18(14)11-16)22(27)26-9-3-4-15(13-26)19-12-20-17(24-19)5-2-8-23-20/h2,5-8,10-12,15,24-25H,3-4,9,13H2,1H3/t15-/m1/s1. The van der Waals surface area contributed by atoms with Crippen LogP contribution in [0.1, 0.15) is 34.9 Å². The molecule has 28 heavy (non-hydrogen) atoms. The van der Waals surface area contributed by atoms with E-state index in [-0.39, 0.29) is 5.91 Å². The lowest BCUT2D eigenvalue weighted by Gasteiger charge is -2.32. The molecule has 1 atom stereocenters. The van der Waals surface area contributed by atoms with Gasteiger partial charge in [-0.15, -0.1) is 0 Å². The maximum atomic E-state index is 13.1. The fourth-order valence-corrected chi connectivity index (χ4v) is 4.13. The average molecular weight is 374 g/mol. The highest BCUT2D eigenvalue weighted by Crippen LogP contribution is 2.29. The Morgan fingerprint density at radius 1 is 1.18 bits per heavy atom. The first-order valence-corrected chi connectivity index (χ1v) is 9.61. The van der Waals surface area contributed by atoms with Crippen molar-refractivity contribution in [3.8, 4) is 5.75 Å². The first kappa shape index (κ1) is 16.9. The third-order valence-corrected chi connectivity index (χ3v) is 5.62. The molecule has 3 aromatic heterocycles. The van der Waals surface area contributed by atoms with E-state index in [2.05, 4.69) is 21.0 Å². The van der Waals surface area contributed by atoms with E-state index in [0.29, 0.717) is 18.2 Å². The molecule has 6 nitrogen and oxygen atoms in total. The summed E-state index contributed by atoms with van der Waals surface area (Å²) in [6, 6.07) is 13.8. The molecule has 0 radical (unpaired) electrons. The van der Waals surface area contributed by atoms with Crippen molar-refractivity contribution in [1.82, 2.24) is 19.9 Å². The molecule has 2 N–H and O–H groups in total. The predicted octanol–water partition coefficient (Wildman–Crippen LogP) is 4.07. The average Bonchev–Trinajstić information content (AvgIpc) is 3.36. The summed E-state index contributed by atoms with van der Waals surface area (Å²) in [6.45, 7) is 1.50. The Morgan fingerprint density at radius 2 is 2.11 bits per heavy atom. The zero-order chi connectivity index (χ0) is 19.1. The van der Waals surface area contributed by atoms with Gasteiger partial charge < -0.3 is 19.6 Å². The summed E-state index contributed by atoms with van der Waals surface area (Å²) >= 11 is 0. The predicted molar refractivity (Wildman–Crippen MR) is 109 cm³/mol. The van der Waals surface area contributed by atoms with Gasteiger partial charge in [0.15, 0.2) is 0 Å². The lowest BCUT2D eigenvalue weighted by atomic mass is 9.94. The van der Waals surface area contributed by atoms with Gasteiger partial charge in [0, 0.05) is 47.9 Å². The van der Waals surface area contributed by atoms with Crippen molar-refractivity contribution in [2.75, 3.05) is 20.2 Å². The number of nitrogens with zero attached hydrogens (tertiary/aromatic N) is 2. The van der Waals surface area contributed by atoms with E-state index in [1.807, 2.05) is 47.5 Å². The van der Waals surface area contributed by atoms with Crippen LogP contribution in [0.5, 0.6) is 5.75 Å². The highest BCUT2D eigenvalue weighted by atomic mass is 16.5. The SMILES string of the molecule is COc1ccc2cc(C(=O)N3CCC[C@@H](c4cc5ncccc5[nH]4)C3)[nH]c2c1. The number of fused-ring (bicyclic) bond motifs is 2. The third kappa shape index (κ3) is 2.91. The molecular weight excluding hydrogens is 352 g/mol. The molecule has 1 amide bonds. The van der Waals surface area contributed by atoms with Gasteiger partial charge in [-0.25, -0.2) is 0 Å². The van der Waals surface area contributed by atoms with Crippen molar-refractivity contribution in [3.63, 3.8) is 0 Å². The Bertz CT molecular complexity index is 1130. The molecular formula is C22H22N4O2. The van der Waals surface area contributed by atoms with Gasteiger partial charge in [-0.2, -0.15) is 0 Å². The van der Waals surface area contributed by atoms with Crippen molar-refractivity contribution < 1.29 is 9.53 Å². The largest absolute Gasteiger partial charge is 0.497 e. The summed E-state index contributed by atoms with van der Waals surface area (Å²) < 4.78 is 5.27. The van der Waals surface area contributed by atoms with Crippen LogP contribution in [0, 0.1) is 0 Å². The topological polar surface area (TPSA) is 74.0 Å². The number of ether oxygens (including phenoxy) is 1. The van der Waals surface area contributed by atoms with Crippen LogP contribution in [0.4, 0.5) is 0 Å². The fraction of sp³-hybridized carbons (Fsp3) is 0.273. The number of pyridine rings is 1. The molecule has 1 aliphatic rings. The summed E-state index contributed by atoms with van der Waals surface area (Å²) in [5.41, 5.74) is 4.73. The number of H-pyrrole nitrogens is 2. The van der Waals surface area contributed by atoms with Crippen molar-refractivity contribution in [3.05, 3.63) is 60.0 Å². The van der Waals surface area contributed by atoms with Crippen LogP contribution in [-0.4, -0.2) is 46.0 Å². The molecule has 1 saturated heterocycles. The van der Waals surface area contributed by atoms with Gasteiger partial charge in [0.2, 0.25) is 0 Å². The molecule has 0 unspecified atom stereocenters. The van der Waals surface area contributed by atoms with Crippen molar-refractivity contribution in [1.29, 1.82) is 0 Å². The molecule has 0 bridgehead atoms. The van der Waals surface area contributed by atoms with E-state index in [4.69, 9.17) is 4.74 Å². The number of rotatable bonds is 3. The third-order valence-electron chi connectivity index (χ3n) is 5.62. The van der Waals surface area contributed by atoms with Gasteiger partial charge in [0.25, 0.3) is 5.91 Å². The number of nitrogens with one attached hydrogen (secondary N) is 2. The van der Waals surface area contributed by atoms with E-state index in [1.54, 1.807) is 7.11 Å². The zero-order valence-electron chi connectivity index (χ0n) is 15.7. The number of hydrogen-bond donors (Lipinski definition) is 2. The number of methoxy groups -OCH3 is 1. The van der Waals surface area contributed by atoms with Gasteiger partial charge in [0.1, 0.15) is 11.4 Å². The molecule has 142 valence electrons. The molecule has 1 fully saturated rings. The van der Waals surface area contributed by atoms with Crippen LogP contribution >= 0.6 is 0 Å². The van der Waals surface area contributed by atoms with Crippen LogP contribution in [0.25, 0.3) is 21.9 Å². The summed E-state index contributed by atoms with van der Waals surface area (Å²) in [6.07, 6.45) is 3.87. The molecule has 5 rings (SSSR count). The minimum absolute atomic E-state index is 0.0501. The number of carbonyl (C=O) groups excluding carboxylic acids is 1. The van der Waals surface area contributed by atoms with Gasteiger partial charge in [-0.05, 0) is 49.2 Å². The van der Waals surface area contributed by atoms with Crippen molar-refractivity contribution >= 4 is 27.8 Å². The number of benzene rings is 1. The van der Waals surface area contributed by atoms with Crippen LogP contribution in [0.2, 0.25) is 0 Å². The smallest absolute Gasteiger partial charge is 0.270 e. The summed E-state index contributed by atoms with van der Waals surface area (Å²) in [7, 11) is 1.64. The highest BCUT2D eigenvalue weighted by Gasteiger charge is 2.27. The number of hydrogen-bond acceptors (Lipinski definition) is 3. The molecule has 0 aliphatic carbocycles. The summed E-state index contributed by atoms with van der Waals surface area (Å²) in [5.74, 6) is 1.13. The van der Waals surface area contributed by atoms with E-state index < -0.39 is 0 Å². The minimum Gasteiger partial charge on any atom is -0.497 e. The second-order valence-corrected chi connectivity index (χ2v) is 7.39. The second-order valence-electron chi connectivity index (χ2n) is 7.39. The van der Waals surface area contributed by atoms with Crippen molar-refractivity contribution in [2.24, 2.45) is 0 Å². The van der Waals surface area contributed by atoms with E-state index in [1.165, 1.54) is 0 Å². The number of amides is 1. The second kappa shape index (κ2) is 6.71.